The fourth-order valence-electron chi connectivity index (χ4n) is 2.15. The van der Waals surface area contributed by atoms with Crippen molar-refractivity contribution in [1.82, 2.24) is 4.90 Å². The third kappa shape index (κ3) is 3.32. The van der Waals surface area contributed by atoms with Gasteiger partial charge in [-0.2, -0.15) is 5.26 Å². The predicted molar refractivity (Wildman–Crippen MR) is 76.6 cm³/mol. The molecule has 1 aromatic carbocycles. The molecule has 7 nitrogen and oxygen atoms in total. The number of hydrogen-bond donors (Lipinski definition) is 3. The highest BCUT2D eigenvalue weighted by molar-refractivity contribution is 9.10. The molecule has 0 saturated carbocycles. The second-order valence-electron chi connectivity index (χ2n) is 4.63. The van der Waals surface area contributed by atoms with Gasteiger partial charge in [0.2, 0.25) is 0 Å². The van der Waals surface area contributed by atoms with Gasteiger partial charge in [-0.3, -0.25) is 0 Å². The number of carboxylic acids is 1. The number of nitrogens with zero attached hydrogens (tertiary/aromatic N) is 2. The quantitative estimate of drug-likeness (QED) is 0.742. The molecule has 3 N–H and O–H groups in total. The van der Waals surface area contributed by atoms with E-state index in [9.17, 15) is 14.7 Å². The maximum atomic E-state index is 12.1. The number of β-amino-alcohol motifs (C(OH)–C–C–N with tert-alkyl or cyclic N) is 1. The minimum Gasteiger partial charge on any atom is -0.480 e. The number of nitrogens with one attached hydrogen (secondary N) is 1. The molecule has 1 unspecified atom stereocenters. The van der Waals surface area contributed by atoms with Gasteiger partial charge < -0.3 is 20.4 Å². The van der Waals surface area contributed by atoms with Crippen LogP contribution in [0.15, 0.2) is 22.7 Å². The molecule has 21 heavy (non-hydrogen) atoms. The zero-order valence-corrected chi connectivity index (χ0v) is 12.4. The van der Waals surface area contributed by atoms with Crippen LogP contribution in [0.2, 0.25) is 0 Å². The van der Waals surface area contributed by atoms with Crippen molar-refractivity contribution in [3.8, 4) is 6.07 Å². The van der Waals surface area contributed by atoms with Crippen LogP contribution in [-0.2, 0) is 4.79 Å². The summed E-state index contributed by atoms with van der Waals surface area (Å²) in [5.41, 5.74) is 0.851. The fourth-order valence-corrected chi connectivity index (χ4v) is 2.62. The molecule has 2 amide bonds. The van der Waals surface area contributed by atoms with Crippen molar-refractivity contribution in [1.29, 1.82) is 5.26 Å². The van der Waals surface area contributed by atoms with Crippen LogP contribution in [-0.4, -0.2) is 45.8 Å². The average molecular weight is 354 g/mol. The molecule has 1 heterocycles. The van der Waals surface area contributed by atoms with Crippen molar-refractivity contribution in [3.63, 3.8) is 0 Å². The second kappa shape index (κ2) is 6.11. The van der Waals surface area contributed by atoms with Gasteiger partial charge in [-0.1, -0.05) is 0 Å². The molecule has 1 aliphatic rings. The Morgan fingerprint density at radius 3 is 2.76 bits per heavy atom. The number of aliphatic hydroxyl groups is 1. The highest BCUT2D eigenvalue weighted by Gasteiger charge is 2.39. The van der Waals surface area contributed by atoms with Crippen molar-refractivity contribution in [2.75, 3.05) is 11.9 Å². The van der Waals surface area contributed by atoms with E-state index in [0.29, 0.717) is 15.7 Å². The average Bonchev–Trinajstić information content (AvgIpc) is 2.83. The van der Waals surface area contributed by atoms with Gasteiger partial charge in [0.05, 0.1) is 23.4 Å². The van der Waals surface area contributed by atoms with E-state index in [4.69, 9.17) is 10.4 Å². The van der Waals surface area contributed by atoms with Gasteiger partial charge in [-0.05, 0) is 34.1 Å². The van der Waals surface area contributed by atoms with E-state index in [1.54, 1.807) is 12.1 Å². The SMILES string of the molecule is N#Cc1ccc(NC(=O)N2CC(O)C[C@H]2C(=O)O)c(Br)c1. The molecule has 0 aliphatic carbocycles. The van der Waals surface area contributed by atoms with Crippen molar-refractivity contribution in [2.24, 2.45) is 0 Å². The lowest BCUT2D eigenvalue weighted by molar-refractivity contribution is -0.141. The number of hydrogen-bond acceptors (Lipinski definition) is 4. The maximum Gasteiger partial charge on any atom is 0.326 e. The number of anilines is 1. The lowest BCUT2D eigenvalue weighted by atomic mass is 10.2. The van der Waals surface area contributed by atoms with Crippen LogP contribution in [0.3, 0.4) is 0 Å². The summed E-state index contributed by atoms with van der Waals surface area (Å²) in [5, 5.41) is 29.9. The number of nitriles is 1. The lowest BCUT2D eigenvalue weighted by Gasteiger charge is -2.22. The topological polar surface area (TPSA) is 114 Å². The van der Waals surface area contributed by atoms with Crippen LogP contribution in [0.4, 0.5) is 10.5 Å². The molecule has 1 fully saturated rings. The van der Waals surface area contributed by atoms with E-state index < -0.39 is 24.1 Å². The van der Waals surface area contributed by atoms with Crippen molar-refractivity contribution < 1.29 is 19.8 Å². The molecule has 1 saturated heterocycles. The summed E-state index contributed by atoms with van der Waals surface area (Å²) in [5.74, 6) is -1.15. The molecule has 1 aromatic rings. The Morgan fingerprint density at radius 1 is 1.48 bits per heavy atom. The molecule has 0 bridgehead atoms. The predicted octanol–water partition coefficient (Wildman–Crippen LogP) is 1.37. The number of likely N-dealkylation sites (tertiary alicyclic amines) is 1. The molecule has 0 radical (unpaired) electrons. The Morgan fingerprint density at radius 2 is 2.19 bits per heavy atom. The number of amides is 2. The third-order valence-corrected chi connectivity index (χ3v) is 3.82. The van der Waals surface area contributed by atoms with Crippen molar-refractivity contribution >= 4 is 33.6 Å². The van der Waals surface area contributed by atoms with Crippen LogP contribution in [0.5, 0.6) is 0 Å². The van der Waals surface area contributed by atoms with Gasteiger partial charge in [-0.25, -0.2) is 9.59 Å². The minimum absolute atomic E-state index is 0.0112. The molecular formula is C13H12BrN3O4. The fraction of sp³-hybridized carbons (Fsp3) is 0.308. The number of aliphatic hydroxyl groups excluding tert-OH is 1. The van der Waals surface area contributed by atoms with E-state index in [2.05, 4.69) is 21.2 Å². The summed E-state index contributed by atoms with van der Waals surface area (Å²) < 4.78 is 0.515. The molecular weight excluding hydrogens is 342 g/mol. The number of carboxylic acid groups (broad SMARTS) is 1. The van der Waals surface area contributed by atoms with Gasteiger partial charge in [0.15, 0.2) is 0 Å². The summed E-state index contributed by atoms with van der Waals surface area (Å²) in [6.45, 7) is -0.0311. The summed E-state index contributed by atoms with van der Waals surface area (Å²) in [4.78, 5) is 24.3. The largest absolute Gasteiger partial charge is 0.480 e. The Bertz CT molecular complexity index is 628. The van der Waals surface area contributed by atoms with Gasteiger partial charge in [0.25, 0.3) is 0 Å². The number of aliphatic carboxylic acids is 1. The summed E-state index contributed by atoms with van der Waals surface area (Å²) >= 11 is 3.23. The highest BCUT2D eigenvalue weighted by Crippen LogP contribution is 2.25. The lowest BCUT2D eigenvalue weighted by Crippen LogP contribution is -2.43. The van der Waals surface area contributed by atoms with Crippen LogP contribution in [0, 0.1) is 11.3 Å². The zero-order chi connectivity index (χ0) is 15.6. The molecule has 8 heteroatoms. The maximum absolute atomic E-state index is 12.1. The van der Waals surface area contributed by atoms with Crippen LogP contribution < -0.4 is 5.32 Å². The number of urea groups is 1. The highest BCUT2D eigenvalue weighted by atomic mass is 79.9. The summed E-state index contributed by atoms with van der Waals surface area (Å²) in [6, 6.07) is 4.94. The number of carbonyl (C=O) groups excluding carboxylic acids is 1. The summed E-state index contributed by atoms with van der Waals surface area (Å²) in [6.07, 6.45) is -0.835. The molecule has 2 atom stereocenters. The molecule has 1 aliphatic heterocycles. The Kier molecular flexibility index (Phi) is 4.45. The first-order valence-electron chi connectivity index (χ1n) is 6.10. The Balaban J connectivity index is 2.14. The van der Waals surface area contributed by atoms with E-state index in [1.807, 2.05) is 6.07 Å². The number of benzene rings is 1. The van der Waals surface area contributed by atoms with E-state index in [0.717, 1.165) is 4.90 Å². The van der Waals surface area contributed by atoms with Crippen molar-refractivity contribution in [2.45, 2.75) is 18.6 Å². The van der Waals surface area contributed by atoms with Crippen LogP contribution in [0.25, 0.3) is 0 Å². The molecule has 2 rings (SSSR count). The zero-order valence-electron chi connectivity index (χ0n) is 10.8. The van der Waals surface area contributed by atoms with E-state index in [-0.39, 0.29) is 13.0 Å². The first-order chi connectivity index (χ1) is 9.92. The minimum atomic E-state index is -1.15. The summed E-state index contributed by atoms with van der Waals surface area (Å²) in [7, 11) is 0. The smallest absolute Gasteiger partial charge is 0.326 e. The standard InChI is InChI=1S/C13H12BrN3O4/c14-9-3-7(5-15)1-2-10(9)16-13(21)17-6-8(18)4-11(17)12(19)20/h1-3,8,11,18H,4,6H2,(H,16,21)(H,19,20)/t8?,11-/m0/s1. The molecule has 110 valence electrons. The van der Waals surface area contributed by atoms with Crippen LogP contribution in [0.1, 0.15) is 12.0 Å². The number of halogens is 1. The van der Waals surface area contributed by atoms with E-state index >= 15 is 0 Å². The Hall–Kier alpha value is -2.11. The molecule has 0 spiro atoms. The first-order valence-corrected chi connectivity index (χ1v) is 6.90. The van der Waals surface area contributed by atoms with Gasteiger partial charge in [0.1, 0.15) is 6.04 Å². The first kappa shape index (κ1) is 15.3. The van der Waals surface area contributed by atoms with E-state index in [1.165, 1.54) is 6.07 Å². The third-order valence-electron chi connectivity index (χ3n) is 3.16. The normalized spacial score (nSPS) is 20.9. The molecule has 0 aromatic heterocycles. The Labute approximate surface area is 128 Å². The second-order valence-corrected chi connectivity index (χ2v) is 5.49. The number of carbonyl (C=O) groups is 2. The number of rotatable bonds is 2. The van der Waals surface area contributed by atoms with Gasteiger partial charge in [-0.15, -0.1) is 0 Å². The van der Waals surface area contributed by atoms with Gasteiger partial charge >= 0.3 is 12.0 Å². The van der Waals surface area contributed by atoms with Crippen LogP contribution >= 0.6 is 15.9 Å². The monoisotopic (exact) mass is 353 g/mol. The van der Waals surface area contributed by atoms with Gasteiger partial charge in [0, 0.05) is 17.4 Å². The van der Waals surface area contributed by atoms with Crippen molar-refractivity contribution in [3.05, 3.63) is 28.2 Å².